The van der Waals surface area contributed by atoms with Gasteiger partial charge >= 0.3 is 6.03 Å². The molecule has 9 nitrogen and oxygen atoms in total. The van der Waals surface area contributed by atoms with Crippen LogP contribution in [0.5, 0.6) is 11.5 Å². The van der Waals surface area contributed by atoms with E-state index in [4.69, 9.17) is 4.74 Å². The minimum atomic E-state index is -1.00. The summed E-state index contributed by atoms with van der Waals surface area (Å²) >= 11 is 1.43. The van der Waals surface area contributed by atoms with Gasteiger partial charge in [-0.05, 0) is 68.6 Å². The Bertz CT molecular complexity index is 1430. The summed E-state index contributed by atoms with van der Waals surface area (Å²) in [6.07, 6.45) is 2.07. The SMILES string of the molecule is C=C(F)C(=O)N1CCC[C@@H](NC(=O)C2=C3NC(=O)N(c4ccc(Oc5ccccc5)cc4C)C4CCNC(S2)C34)C1. The molecular formula is C30H32FN5O4S. The number of anilines is 1. The molecule has 0 aliphatic carbocycles. The Labute approximate surface area is 242 Å². The number of urea groups is 1. The van der Waals surface area contributed by atoms with E-state index >= 15 is 0 Å². The molecule has 2 aromatic rings. The Hall–Kier alpha value is -3.83. The molecule has 11 heteroatoms. The lowest BCUT2D eigenvalue weighted by Crippen LogP contribution is -2.62. The third kappa shape index (κ3) is 5.31. The van der Waals surface area contributed by atoms with Gasteiger partial charge in [0.25, 0.3) is 11.8 Å². The fourth-order valence-corrected chi connectivity index (χ4v) is 7.59. The maximum atomic E-state index is 13.6. The summed E-state index contributed by atoms with van der Waals surface area (Å²) < 4.78 is 19.4. The number of likely N-dealkylation sites (tertiary alicyclic amines) is 1. The van der Waals surface area contributed by atoms with Gasteiger partial charge in [0, 0.05) is 36.4 Å². The lowest BCUT2D eigenvalue weighted by Gasteiger charge is -2.46. The number of nitrogens with one attached hydrogen (secondary N) is 3. The Kier molecular flexibility index (Phi) is 7.48. The summed E-state index contributed by atoms with van der Waals surface area (Å²) in [5.41, 5.74) is 2.35. The topological polar surface area (TPSA) is 103 Å². The van der Waals surface area contributed by atoms with Crippen LogP contribution in [0, 0.1) is 12.8 Å². The van der Waals surface area contributed by atoms with Crippen LogP contribution in [0.3, 0.4) is 0 Å². The number of carbonyl (C=O) groups excluding carboxylic acids is 3. The smallest absolute Gasteiger partial charge is 0.326 e. The van der Waals surface area contributed by atoms with Crippen LogP contribution in [0.4, 0.5) is 14.9 Å². The van der Waals surface area contributed by atoms with Gasteiger partial charge in [-0.15, -0.1) is 0 Å². The second kappa shape index (κ2) is 11.2. The molecule has 0 saturated carbocycles. The molecule has 3 saturated heterocycles. The highest BCUT2D eigenvalue weighted by atomic mass is 32.2. The van der Waals surface area contributed by atoms with Crippen molar-refractivity contribution in [1.82, 2.24) is 20.9 Å². The fraction of sp³-hybridized carbons (Fsp3) is 0.367. The van der Waals surface area contributed by atoms with Gasteiger partial charge in [-0.25, -0.2) is 9.18 Å². The molecule has 4 aliphatic rings. The number of rotatable bonds is 6. The maximum Gasteiger partial charge on any atom is 0.326 e. The van der Waals surface area contributed by atoms with E-state index < -0.39 is 11.7 Å². The minimum absolute atomic E-state index is 0.0621. The van der Waals surface area contributed by atoms with Crippen molar-refractivity contribution in [1.29, 1.82) is 0 Å². The number of hydrogen-bond donors (Lipinski definition) is 3. The molecule has 4 amide bonds. The second-order valence-corrected chi connectivity index (χ2v) is 11.9. The molecule has 0 aromatic heterocycles. The third-order valence-electron chi connectivity index (χ3n) is 8.03. The predicted octanol–water partition coefficient (Wildman–Crippen LogP) is 4.17. The number of thioether (sulfide) groups is 1. The van der Waals surface area contributed by atoms with Crippen molar-refractivity contribution in [3.8, 4) is 11.5 Å². The number of nitrogens with zero attached hydrogens (tertiary/aromatic N) is 2. The van der Waals surface area contributed by atoms with Crippen molar-refractivity contribution in [3.63, 3.8) is 0 Å². The Balaban J connectivity index is 1.21. The second-order valence-electron chi connectivity index (χ2n) is 10.7. The van der Waals surface area contributed by atoms with Gasteiger partial charge in [-0.2, -0.15) is 0 Å². The Morgan fingerprint density at radius 1 is 1.15 bits per heavy atom. The van der Waals surface area contributed by atoms with Crippen LogP contribution in [0.15, 0.2) is 71.5 Å². The van der Waals surface area contributed by atoms with Gasteiger partial charge in [0.15, 0.2) is 5.83 Å². The zero-order valence-corrected chi connectivity index (χ0v) is 23.5. The molecule has 2 aromatic carbocycles. The predicted molar refractivity (Wildman–Crippen MR) is 155 cm³/mol. The lowest BCUT2D eigenvalue weighted by atomic mass is 9.86. The first kappa shape index (κ1) is 27.3. The molecule has 0 radical (unpaired) electrons. The largest absolute Gasteiger partial charge is 0.457 e. The average molecular weight is 578 g/mol. The number of benzene rings is 2. The van der Waals surface area contributed by atoms with E-state index in [0.717, 1.165) is 23.4 Å². The first-order valence-electron chi connectivity index (χ1n) is 13.8. The number of ether oxygens (including phenoxy) is 1. The van der Waals surface area contributed by atoms with E-state index in [2.05, 4.69) is 22.5 Å². The van der Waals surface area contributed by atoms with Crippen LogP contribution < -0.4 is 25.6 Å². The first-order valence-corrected chi connectivity index (χ1v) is 14.7. The van der Waals surface area contributed by atoms with E-state index in [1.165, 1.54) is 16.7 Å². The maximum absolute atomic E-state index is 13.6. The number of aryl methyl sites for hydroxylation is 1. The van der Waals surface area contributed by atoms with Gasteiger partial charge in [0.2, 0.25) is 0 Å². The number of para-hydroxylation sites is 1. The summed E-state index contributed by atoms with van der Waals surface area (Å²) in [5, 5.41) is 9.50. The van der Waals surface area contributed by atoms with Crippen LogP contribution in [0.1, 0.15) is 24.8 Å². The first-order chi connectivity index (χ1) is 19.8. The van der Waals surface area contributed by atoms with Crippen LogP contribution in [0.2, 0.25) is 0 Å². The Morgan fingerprint density at radius 3 is 2.71 bits per heavy atom. The van der Waals surface area contributed by atoms with Crippen molar-refractivity contribution >= 4 is 35.3 Å². The number of amides is 4. The Morgan fingerprint density at radius 2 is 1.95 bits per heavy atom. The highest BCUT2D eigenvalue weighted by Crippen LogP contribution is 2.48. The average Bonchev–Trinajstić information content (AvgIpc) is 3.33. The molecule has 0 spiro atoms. The number of hydrogen-bond acceptors (Lipinski definition) is 6. The zero-order valence-electron chi connectivity index (χ0n) is 22.7. The summed E-state index contributed by atoms with van der Waals surface area (Å²) in [7, 11) is 0. The van der Waals surface area contributed by atoms with E-state index in [-0.39, 0.29) is 41.9 Å². The normalized spacial score (nSPS) is 25.4. The van der Waals surface area contributed by atoms with Crippen LogP contribution in [-0.2, 0) is 9.59 Å². The lowest BCUT2D eigenvalue weighted by molar-refractivity contribution is -0.130. The van der Waals surface area contributed by atoms with Crippen LogP contribution in [0.25, 0.3) is 0 Å². The molecule has 3 N–H and O–H groups in total. The number of halogens is 1. The molecule has 4 atom stereocenters. The van der Waals surface area contributed by atoms with Crippen molar-refractivity contribution in [2.45, 2.75) is 43.6 Å². The third-order valence-corrected chi connectivity index (χ3v) is 9.38. The quantitative estimate of drug-likeness (QED) is 0.446. The summed E-state index contributed by atoms with van der Waals surface area (Å²) in [4.78, 5) is 42.8. The van der Waals surface area contributed by atoms with Gasteiger partial charge in [-0.1, -0.05) is 36.5 Å². The highest BCUT2D eigenvalue weighted by Gasteiger charge is 2.52. The molecular weight excluding hydrogens is 545 g/mol. The van der Waals surface area contributed by atoms with Crippen molar-refractivity contribution in [2.75, 3.05) is 24.5 Å². The standard InChI is InChI=1S/C30H32FN5O4S/c1-17-15-21(40-20-8-4-3-5-9-20)10-11-22(17)36-23-12-13-32-28-24(23)25(34-30(36)39)26(41-28)27(37)33-19-7-6-14-35(16-19)29(38)18(2)31/h3-5,8-11,15,19,23-24,28,32H,2,6-7,12-14,16H2,1H3,(H,33,37)(H,34,39)/t19-,23?,24?,28?/m1/s1. The number of piperidine rings is 2. The van der Waals surface area contributed by atoms with Gasteiger partial charge in [0.05, 0.1) is 16.3 Å². The van der Waals surface area contributed by atoms with E-state index in [1.807, 2.05) is 60.4 Å². The molecule has 4 heterocycles. The van der Waals surface area contributed by atoms with Crippen molar-refractivity contribution in [2.24, 2.45) is 5.92 Å². The van der Waals surface area contributed by atoms with Crippen LogP contribution in [-0.4, -0.2) is 59.8 Å². The summed E-state index contributed by atoms with van der Waals surface area (Å²) in [6, 6.07) is 14.5. The van der Waals surface area contributed by atoms with Gasteiger partial charge in [-0.3, -0.25) is 14.5 Å². The molecule has 3 fully saturated rings. The van der Waals surface area contributed by atoms with E-state index in [0.29, 0.717) is 42.3 Å². The summed E-state index contributed by atoms with van der Waals surface area (Å²) in [5.74, 6) is -0.698. The molecule has 0 bridgehead atoms. The van der Waals surface area contributed by atoms with Gasteiger partial charge < -0.3 is 25.6 Å². The molecule has 214 valence electrons. The van der Waals surface area contributed by atoms with E-state index in [1.54, 1.807) is 0 Å². The zero-order chi connectivity index (χ0) is 28.7. The number of carbonyl (C=O) groups is 3. The molecule has 41 heavy (non-hydrogen) atoms. The van der Waals surface area contributed by atoms with Crippen molar-refractivity contribution in [3.05, 3.63) is 77.1 Å². The molecule has 6 rings (SSSR count). The van der Waals surface area contributed by atoms with E-state index in [9.17, 15) is 18.8 Å². The highest BCUT2D eigenvalue weighted by molar-refractivity contribution is 8.04. The van der Waals surface area contributed by atoms with Gasteiger partial charge in [0.1, 0.15) is 11.5 Å². The van der Waals surface area contributed by atoms with Crippen molar-refractivity contribution < 1.29 is 23.5 Å². The molecule has 3 unspecified atom stereocenters. The summed E-state index contributed by atoms with van der Waals surface area (Å²) in [6.45, 7) is 6.43. The van der Waals surface area contributed by atoms with Crippen LogP contribution >= 0.6 is 11.8 Å². The molecule has 4 aliphatic heterocycles. The monoisotopic (exact) mass is 577 g/mol. The fourth-order valence-electron chi connectivity index (χ4n) is 6.19. The minimum Gasteiger partial charge on any atom is -0.457 e.